The molecule has 1 aromatic heterocycles. The fourth-order valence-electron chi connectivity index (χ4n) is 2.53. The van der Waals surface area contributed by atoms with Crippen molar-refractivity contribution in [3.63, 3.8) is 0 Å². The van der Waals surface area contributed by atoms with Gasteiger partial charge in [-0.25, -0.2) is 0 Å². The summed E-state index contributed by atoms with van der Waals surface area (Å²) in [4.78, 5) is 16.8. The SMILES string of the molecule is Cc1noc(CC(NC(=O)c2ccc(C)c(O)c2)c2ccccc2)n1. The standard InChI is InChI=1S/C19H19N3O3/c1-12-8-9-15(10-17(12)23)19(24)21-16(14-6-4-3-5-7-14)11-18-20-13(2)22-25-18/h3-10,16,23H,11H2,1-2H3,(H,21,24). The van der Waals surface area contributed by atoms with Gasteiger partial charge < -0.3 is 14.9 Å². The van der Waals surface area contributed by atoms with Crippen molar-refractivity contribution in [2.45, 2.75) is 26.3 Å². The molecule has 0 radical (unpaired) electrons. The predicted octanol–water partition coefficient (Wildman–Crippen LogP) is 3.11. The topological polar surface area (TPSA) is 88.2 Å². The zero-order valence-corrected chi connectivity index (χ0v) is 14.1. The summed E-state index contributed by atoms with van der Waals surface area (Å²) in [7, 11) is 0. The van der Waals surface area contributed by atoms with E-state index in [0.717, 1.165) is 11.1 Å². The predicted molar refractivity (Wildman–Crippen MR) is 92.2 cm³/mol. The van der Waals surface area contributed by atoms with Crippen molar-refractivity contribution in [1.82, 2.24) is 15.5 Å². The highest BCUT2D eigenvalue weighted by molar-refractivity contribution is 5.95. The molecular weight excluding hydrogens is 318 g/mol. The molecule has 0 aliphatic carbocycles. The average molecular weight is 337 g/mol. The maximum atomic E-state index is 12.6. The van der Waals surface area contributed by atoms with Crippen molar-refractivity contribution >= 4 is 5.91 Å². The lowest BCUT2D eigenvalue weighted by atomic mass is 10.0. The van der Waals surface area contributed by atoms with Crippen LogP contribution in [0.15, 0.2) is 53.1 Å². The number of benzene rings is 2. The van der Waals surface area contributed by atoms with E-state index in [1.54, 1.807) is 26.0 Å². The van der Waals surface area contributed by atoms with E-state index in [9.17, 15) is 9.90 Å². The summed E-state index contributed by atoms with van der Waals surface area (Å²) >= 11 is 0. The van der Waals surface area contributed by atoms with Crippen LogP contribution in [0, 0.1) is 13.8 Å². The fourth-order valence-corrected chi connectivity index (χ4v) is 2.53. The molecule has 1 unspecified atom stereocenters. The molecule has 0 saturated heterocycles. The van der Waals surface area contributed by atoms with Crippen LogP contribution in [0.3, 0.4) is 0 Å². The van der Waals surface area contributed by atoms with Gasteiger partial charge >= 0.3 is 0 Å². The maximum Gasteiger partial charge on any atom is 0.251 e. The molecule has 1 heterocycles. The minimum Gasteiger partial charge on any atom is -0.508 e. The number of hydrogen-bond acceptors (Lipinski definition) is 5. The summed E-state index contributed by atoms with van der Waals surface area (Å²) < 4.78 is 5.19. The highest BCUT2D eigenvalue weighted by atomic mass is 16.5. The van der Waals surface area contributed by atoms with Gasteiger partial charge in [-0.15, -0.1) is 0 Å². The lowest BCUT2D eigenvalue weighted by molar-refractivity contribution is 0.0934. The number of aryl methyl sites for hydroxylation is 2. The smallest absolute Gasteiger partial charge is 0.251 e. The summed E-state index contributed by atoms with van der Waals surface area (Å²) in [5.74, 6) is 0.826. The minimum atomic E-state index is -0.322. The molecule has 0 aliphatic rings. The van der Waals surface area contributed by atoms with Crippen LogP contribution in [0.2, 0.25) is 0 Å². The minimum absolute atomic E-state index is 0.0939. The fraction of sp³-hybridized carbons (Fsp3) is 0.211. The molecule has 6 heteroatoms. The van der Waals surface area contributed by atoms with Gasteiger partial charge in [0.2, 0.25) is 5.89 Å². The van der Waals surface area contributed by atoms with E-state index in [0.29, 0.717) is 23.7 Å². The summed E-state index contributed by atoms with van der Waals surface area (Å²) in [6.45, 7) is 3.53. The molecule has 25 heavy (non-hydrogen) atoms. The number of nitrogens with one attached hydrogen (secondary N) is 1. The van der Waals surface area contributed by atoms with Crippen molar-refractivity contribution in [3.05, 3.63) is 76.9 Å². The molecule has 1 atom stereocenters. The molecule has 2 N–H and O–H groups in total. The van der Waals surface area contributed by atoms with Crippen LogP contribution in [0.25, 0.3) is 0 Å². The van der Waals surface area contributed by atoms with E-state index in [-0.39, 0.29) is 17.7 Å². The quantitative estimate of drug-likeness (QED) is 0.747. The zero-order valence-electron chi connectivity index (χ0n) is 14.1. The number of hydrogen-bond donors (Lipinski definition) is 2. The highest BCUT2D eigenvalue weighted by Gasteiger charge is 2.19. The highest BCUT2D eigenvalue weighted by Crippen LogP contribution is 2.21. The number of amides is 1. The first kappa shape index (κ1) is 16.7. The zero-order chi connectivity index (χ0) is 17.8. The second-order valence-corrected chi connectivity index (χ2v) is 5.88. The number of phenolic OH excluding ortho intramolecular Hbond substituents is 1. The molecule has 2 aromatic carbocycles. The van der Waals surface area contributed by atoms with Gasteiger partial charge in [0.1, 0.15) is 5.75 Å². The van der Waals surface area contributed by atoms with Crippen LogP contribution in [-0.2, 0) is 6.42 Å². The molecule has 0 fully saturated rings. The van der Waals surface area contributed by atoms with Gasteiger partial charge in [-0.1, -0.05) is 41.6 Å². The lowest BCUT2D eigenvalue weighted by Gasteiger charge is -2.18. The molecule has 0 bridgehead atoms. The number of carbonyl (C=O) groups excluding carboxylic acids is 1. The Bertz CT molecular complexity index is 875. The number of carbonyl (C=O) groups is 1. The second-order valence-electron chi connectivity index (χ2n) is 5.88. The number of phenols is 1. The van der Waals surface area contributed by atoms with Gasteiger partial charge in [0, 0.05) is 5.56 Å². The first-order valence-electron chi connectivity index (χ1n) is 7.97. The van der Waals surface area contributed by atoms with Gasteiger partial charge in [0.05, 0.1) is 12.5 Å². The summed E-state index contributed by atoms with van der Waals surface area (Å²) in [6.07, 6.45) is 0.383. The van der Waals surface area contributed by atoms with Crippen LogP contribution in [0.4, 0.5) is 0 Å². The molecular formula is C19H19N3O3. The maximum absolute atomic E-state index is 12.6. The molecule has 3 aromatic rings. The third kappa shape index (κ3) is 4.03. The van der Waals surface area contributed by atoms with Gasteiger partial charge in [0.25, 0.3) is 5.91 Å². The molecule has 0 saturated carbocycles. The van der Waals surface area contributed by atoms with Crippen LogP contribution in [-0.4, -0.2) is 21.2 Å². The number of aromatic hydroxyl groups is 1. The monoisotopic (exact) mass is 337 g/mol. The summed E-state index contributed by atoms with van der Waals surface area (Å²) in [5, 5.41) is 16.6. The Labute approximate surface area is 145 Å². The molecule has 1 amide bonds. The number of aromatic nitrogens is 2. The first-order chi connectivity index (χ1) is 12.0. The van der Waals surface area contributed by atoms with Gasteiger partial charge in [-0.05, 0) is 37.1 Å². The van der Waals surface area contributed by atoms with Crippen molar-refractivity contribution in [1.29, 1.82) is 0 Å². The molecule has 0 spiro atoms. The molecule has 0 aliphatic heterocycles. The Morgan fingerprint density at radius 3 is 2.60 bits per heavy atom. The molecule has 128 valence electrons. The largest absolute Gasteiger partial charge is 0.508 e. The average Bonchev–Trinajstić information content (AvgIpc) is 3.02. The Balaban J connectivity index is 1.83. The number of rotatable bonds is 5. The van der Waals surface area contributed by atoms with Crippen molar-refractivity contribution in [2.75, 3.05) is 0 Å². The van der Waals surface area contributed by atoms with Crippen molar-refractivity contribution in [2.24, 2.45) is 0 Å². The van der Waals surface area contributed by atoms with Gasteiger partial charge in [0.15, 0.2) is 5.82 Å². The normalized spacial score (nSPS) is 11.9. The van der Waals surface area contributed by atoms with Crippen LogP contribution in [0.1, 0.15) is 39.2 Å². The molecule has 6 nitrogen and oxygen atoms in total. The second kappa shape index (κ2) is 7.17. The van der Waals surface area contributed by atoms with E-state index in [1.807, 2.05) is 30.3 Å². The van der Waals surface area contributed by atoms with E-state index in [1.165, 1.54) is 6.07 Å². The van der Waals surface area contributed by atoms with Crippen LogP contribution >= 0.6 is 0 Å². The van der Waals surface area contributed by atoms with E-state index < -0.39 is 0 Å². The van der Waals surface area contributed by atoms with Gasteiger partial charge in [-0.3, -0.25) is 4.79 Å². The van der Waals surface area contributed by atoms with Crippen molar-refractivity contribution in [3.8, 4) is 5.75 Å². The van der Waals surface area contributed by atoms with Crippen molar-refractivity contribution < 1.29 is 14.4 Å². The Morgan fingerprint density at radius 1 is 1.20 bits per heavy atom. The first-order valence-corrected chi connectivity index (χ1v) is 7.97. The van der Waals surface area contributed by atoms with E-state index in [4.69, 9.17) is 4.52 Å². The third-order valence-corrected chi connectivity index (χ3v) is 3.93. The van der Waals surface area contributed by atoms with Crippen LogP contribution < -0.4 is 5.32 Å². The van der Waals surface area contributed by atoms with Crippen LogP contribution in [0.5, 0.6) is 5.75 Å². The van der Waals surface area contributed by atoms with Gasteiger partial charge in [-0.2, -0.15) is 4.98 Å². The third-order valence-electron chi connectivity index (χ3n) is 3.93. The summed E-state index contributed by atoms with van der Waals surface area (Å²) in [6, 6.07) is 14.1. The van der Waals surface area contributed by atoms with E-state index >= 15 is 0 Å². The molecule has 3 rings (SSSR count). The van der Waals surface area contributed by atoms with E-state index in [2.05, 4.69) is 15.5 Å². The Morgan fingerprint density at radius 2 is 1.96 bits per heavy atom. The number of nitrogens with zero attached hydrogens (tertiary/aromatic N) is 2. The lowest BCUT2D eigenvalue weighted by Crippen LogP contribution is -2.30. The Hall–Kier alpha value is -3.15. The summed E-state index contributed by atoms with van der Waals surface area (Å²) in [5.41, 5.74) is 2.05. The Kier molecular flexibility index (Phi) is 4.79.